The predicted octanol–water partition coefficient (Wildman–Crippen LogP) is 4.90. The summed E-state index contributed by atoms with van der Waals surface area (Å²) in [7, 11) is 0. The van der Waals surface area contributed by atoms with Crippen molar-refractivity contribution in [3.63, 3.8) is 0 Å². The van der Waals surface area contributed by atoms with Crippen molar-refractivity contribution in [2.75, 3.05) is 11.4 Å². The van der Waals surface area contributed by atoms with Gasteiger partial charge in [-0.3, -0.25) is 4.79 Å². The van der Waals surface area contributed by atoms with Crippen molar-refractivity contribution in [3.8, 4) is 5.75 Å². The van der Waals surface area contributed by atoms with Gasteiger partial charge in [-0.25, -0.2) is 0 Å². The number of rotatable bonds is 5. The number of nitrogens with zero attached hydrogens (tertiary/aromatic N) is 1. The third-order valence-electron chi connectivity index (χ3n) is 6.50. The molecule has 0 spiro atoms. The van der Waals surface area contributed by atoms with E-state index in [1.807, 2.05) is 42.5 Å². The molecule has 31 heavy (non-hydrogen) atoms. The molecule has 5 rings (SSSR count). The number of hydrogen-bond acceptors (Lipinski definition) is 3. The van der Waals surface area contributed by atoms with Crippen molar-refractivity contribution in [1.82, 2.24) is 5.32 Å². The van der Waals surface area contributed by atoms with E-state index in [0.29, 0.717) is 13.2 Å². The van der Waals surface area contributed by atoms with Gasteiger partial charge in [0.1, 0.15) is 18.0 Å². The molecule has 0 aliphatic carbocycles. The first-order chi connectivity index (χ1) is 15.0. The minimum atomic E-state index is -0.589. The van der Waals surface area contributed by atoms with Crippen molar-refractivity contribution in [1.29, 1.82) is 0 Å². The second-order valence-corrected chi connectivity index (χ2v) is 8.72. The largest absolute Gasteiger partial charge is 0.489 e. The quantitative estimate of drug-likeness (QED) is 0.650. The first-order valence-electron chi connectivity index (χ1n) is 10.6. The molecule has 4 nitrogen and oxygen atoms in total. The molecule has 1 fully saturated rings. The van der Waals surface area contributed by atoms with Gasteiger partial charge in [0.15, 0.2) is 0 Å². The van der Waals surface area contributed by atoms with E-state index in [2.05, 4.69) is 72.6 Å². The molecule has 1 N–H and O–H groups in total. The third-order valence-corrected chi connectivity index (χ3v) is 6.50. The molecule has 0 aromatic heterocycles. The lowest BCUT2D eigenvalue weighted by atomic mass is 9.75. The summed E-state index contributed by atoms with van der Waals surface area (Å²) < 4.78 is 5.98. The van der Waals surface area contributed by atoms with E-state index < -0.39 is 5.66 Å². The SMILES string of the molecule is CC1(C)c2ccccc2N2CC(=O)N[C@@]21/C=C/c1cccc(OCc2ccccc2)c1. The van der Waals surface area contributed by atoms with E-state index in [0.717, 1.165) is 22.6 Å². The fourth-order valence-electron chi connectivity index (χ4n) is 4.81. The Morgan fingerprint density at radius 2 is 1.77 bits per heavy atom. The maximum Gasteiger partial charge on any atom is 0.241 e. The summed E-state index contributed by atoms with van der Waals surface area (Å²) in [6.07, 6.45) is 4.22. The van der Waals surface area contributed by atoms with E-state index in [1.54, 1.807) is 0 Å². The highest BCUT2D eigenvalue weighted by molar-refractivity contribution is 5.91. The Morgan fingerprint density at radius 3 is 2.61 bits per heavy atom. The van der Waals surface area contributed by atoms with Crippen LogP contribution in [0.4, 0.5) is 5.69 Å². The number of carbonyl (C=O) groups is 1. The summed E-state index contributed by atoms with van der Waals surface area (Å²) in [4.78, 5) is 14.6. The molecule has 2 aliphatic rings. The number of fused-ring (bicyclic) bond motifs is 3. The van der Waals surface area contributed by atoms with Crippen LogP contribution in [0.25, 0.3) is 6.08 Å². The van der Waals surface area contributed by atoms with Crippen LogP contribution in [0.15, 0.2) is 84.9 Å². The number of benzene rings is 3. The lowest BCUT2D eigenvalue weighted by molar-refractivity contribution is -0.118. The van der Waals surface area contributed by atoms with Crippen LogP contribution >= 0.6 is 0 Å². The summed E-state index contributed by atoms with van der Waals surface area (Å²) in [6, 6.07) is 26.6. The molecule has 2 aliphatic heterocycles. The number of amides is 1. The summed E-state index contributed by atoms with van der Waals surface area (Å²) in [5.41, 5.74) is 3.68. The number of carbonyl (C=O) groups excluding carboxylic acids is 1. The van der Waals surface area contributed by atoms with Gasteiger partial charge in [-0.05, 0) is 41.0 Å². The van der Waals surface area contributed by atoms with E-state index in [9.17, 15) is 4.79 Å². The number of anilines is 1. The zero-order valence-electron chi connectivity index (χ0n) is 17.8. The van der Waals surface area contributed by atoms with Crippen molar-refractivity contribution >= 4 is 17.7 Å². The summed E-state index contributed by atoms with van der Waals surface area (Å²) in [5.74, 6) is 0.872. The molecular weight excluding hydrogens is 384 g/mol. The second kappa shape index (κ2) is 7.31. The van der Waals surface area contributed by atoms with Crippen molar-refractivity contribution in [2.24, 2.45) is 0 Å². The van der Waals surface area contributed by atoms with Crippen LogP contribution in [0.3, 0.4) is 0 Å². The fourth-order valence-corrected chi connectivity index (χ4v) is 4.81. The Bertz CT molecular complexity index is 1150. The Balaban J connectivity index is 1.43. The minimum absolute atomic E-state index is 0.0483. The van der Waals surface area contributed by atoms with Gasteiger partial charge in [0, 0.05) is 11.1 Å². The summed E-state index contributed by atoms with van der Waals surface area (Å²) in [5, 5.41) is 3.27. The average molecular weight is 411 g/mol. The molecule has 3 aromatic carbocycles. The van der Waals surface area contributed by atoms with Crippen LogP contribution in [-0.2, 0) is 16.8 Å². The highest BCUT2D eigenvalue weighted by Crippen LogP contribution is 2.52. The van der Waals surface area contributed by atoms with Crippen LogP contribution in [-0.4, -0.2) is 18.1 Å². The molecule has 0 bridgehead atoms. The van der Waals surface area contributed by atoms with Gasteiger partial charge in [0.2, 0.25) is 5.91 Å². The number of para-hydroxylation sites is 1. The van der Waals surface area contributed by atoms with Gasteiger partial charge < -0.3 is 15.0 Å². The number of nitrogens with one attached hydrogen (secondary N) is 1. The van der Waals surface area contributed by atoms with E-state index >= 15 is 0 Å². The molecule has 1 saturated heterocycles. The fraction of sp³-hybridized carbons (Fsp3) is 0.222. The molecule has 4 heteroatoms. The Labute approximate surface area is 183 Å². The second-order valence-electron chi connectivity index (χ2n) is 8.72. The van der Waals surface area contributed by atoms with Gasteiger partial charge >= 0.3 is 0 Å². The molecular formula is C27H26N2O2. The molecule has 0 unspecified atom stereocenters. The van der Waals surface area contributed by atoms with E-state index in [-0.39, 0.29) is 11.3 Å². The van der Waals surface area contributed by atoms with Crippen LogP contribution in [0.2, 0.25) is 0 Å². The molecule has 0 radical (unpaired) electrons. The van der Waals surface area contributed by atoms with Crippen LogP contribution in [0, 0.1) is 0 Å². The zero-order valence-corrected chi connectivity index (χ0v) is 17.8. The van der Waals surface area contributed by atoms with Crippen molar-refractivity contribution < 1.29 is 9.53 Å². The summed E-state index contributed by atoms with van der Waals surface area (Å²) in [6.45, 7) is 5.29. The van der Waals surface area contributed by atoms with Crippen molar-refractivity contribution in [2.45, 2.75) is 31.5 Å². The molecule has 2 heterocycles. The smallest absolute Gasteiger partial charge is 0.241 e. The van der Waals surface area contributed by atoms with Gasteiger partial charge in [-0.1, -0.05) is 80.6 Å². The maximum atomic E-state index is 12.4. The molecule has 1 amide bonds. The van der Waals surface area contributed by atoms with Gasteiger partial charge in [-0.15, -0.1) is 0 Å². The Morgan fingerprint density at radius 1 is 1.00 bits per heavy atom. The van der Waals surface area contributed by atoms with E-state index in [1.165, 1.54) is 5.56 Å². The average Bonchev–Trinajstić information content (AvgIpc) is 3.22. The first kappa shape index (κ1) is 19.4. The third kappa shape index (κ3) is 3.19. The highest BCUT2D eigenvalue weighted by atomic mass is 16.5. The molecule has 0 saturated carbocycles. The normalized spacial score (nSPS) is 21.1. The van der Waals surface area contributed by atoms with Crippen LogP contribution in [0.5, 0.6) is 5.75 Å². The molecule has 1 atom stereocenters. The lowest BCUT2D eigenvalue weighted by Gasteiger charge is -2.40. The topological polar surface area (TPSA) is 41.6 Å². The number of ether oxygens (including phenoxy) is 1. The first-order valence-corrected chi connectivity index (χ1v) is 10.6. The lowest BCUT2D eigenvalue weighted by Crippen LogP contribution is -2.58. The van der Waals surface area contributed by atoms with Crippen LogP contribution in [0.1, 0.15) is 30.5 Å². The maximum absolute atomic E-state index is 12.4. The monoisotopic (exact) mass is 410 g/mol. The summed E-state index contributed by atoms with van der Waals surface area (Å²) >= 11 is 0. The van der Waals surface area contributed by atoms with E-state index in [4.69, 9.17) is 4.74 Å². The Hall–Kier alpha value is -3.53. The standard InChI is InChI=1S/C27H26N2O2/c1-26(2)23-13-6-7-14-24(23)29-18-25(30)28-27(26,29)16-15-20-11-8-12-22(17-20)31-19-21-9-4-3-5-10-21/h3-17H,18-19H2,1-2H3,(H,28,30)/b16-15+/t27-/m0/s1. The molecule has 156 valence electrons. The van der Waals surface area contributed by atoms with Gasteiger partial charge in [-0.2, -0.15) is 0 Å². The van der Waals surface area contributed by atoms with Gasteiger partial charge in [0.25, 0.3) is 0 Å². The number of hydrogen-bond donors (Lipinski definition) is 1. The highest BCUT2D eigenvalue weighted by Gasteiger charge is 2.59. The predicted molar refractivity (Wildman–Crippen MR) is 124 cm³/mol. The minimum Gasteiger partial charge on any atom is -0.489 e. The van der Waals surface area contributed by atoms with Gasteiger partial charge in [0.05, 0.1) is 6.54 Å². The molecule has 3 aromatic rings. The Kier molecular flexibility index (Phi) is 4.58. The zero-order chi connectivity index (χ0) is 21.5. The van der Waals surface area contributed by atoms with Crippen LogP contribution < -0.4 is 15.0 Å². The van der Waals surface area contributed by atoms with Crippen molar-refractivity contribution in [3.05, 3.63) is 102 Å².